The lowest BCUT2D eigenvalue weighted by Crippen LogP contribution is -2.08. The summed E-state index contributed by atoms with van der Waals surface area (Å²) in [5, 5.41) is 0.862. The molecule has 0 atom stereocenters. The monoisotopic (exact) mass is 464 g/mol. The van der Waals surface area contributed by atoms with E-state index in [0.29, 0.717) is 13.2 Å². The van der Waals surface area contributed by atoms with E-state index in [4.69, 9.17) is 19.2 Å². The second-order valence-electron chi connectivity index (χ2n) is 7.35. The summed E-state index contributed by atoms with van der Waals surface area (Å²) in [6.07, 6.45) is 3.78. The summed E-state index contributed by atoms with van der Waals surface area (Å²) in [6.45, 7) is 4.10. The number of H-pyrrole nitrogens is 1. The molecule has 0 unspecified atom stereocenters. The maximum absolute atomic E-state index is 5.80. The van der Waals surface area contributed by atoms with Crippen LogP contribution in [0.1, 0.15) is 5.82 Å². The number of nitrogens with one attached hydrogen (secondary N) is 1. The fourth-order valence-corrected chi connectivity index (χ4v) is 4.17. The van der Waals surface area contributed by atoms with E-state index in [1.807, 2.05) is 67.8 Å². The number of rotatable bonds is 11. The van der Waals surface area contributed by atoms with E-state index in [9.17, 15) is 0 Å². The van der Waals surface area contributed by atoms with Gasteiger partial charge in [0.15, 0.2) is 5.16 Å². The summed E-state index contributed by atoms with van der Waals surface area (Å²) in [7, 11) is 3.33. The van der Waals surface area contributed by atoms with Gasteiger partial charge in [-0.25, -0.2) is 9.97 Å². The maximum atomic E-state index is 5.80. The normalized spacial score (nSPS) is 11.0. The average Bonchev–Trinajstić information content (AvgIpc) is 3.47. The van der Waals surface area contributed by atoms with E-state index in [0.717, 1.165) is 57.3 Å². The Morgan fingerprint density at radius 1 is 0.909 bits per heavy atom. The SMILES string of the molecule is COc1ccc(-c2nc(SCCOCCn3ccnc3C)[nH]c2-c2ccc(OC)cc2)cc1. The van der Waals surface area contributed by atoms with Gasteiger partial charge in [-0.15, -0.1) is 0 Å². The predicted molar refractivity (Wildman–Crippen MR) is 131 cm³/mol. The summed E-state index contributed by atoms with van der Waals surface area (Å²) in [5.41, 5.74) is 3.95. The number of hydrogen-bond acceptors (Lipinski definition) is 6. The Balaban J connectivity index is 1.43. The molecule has 2 aromatic carbocycles. The van der Waals surface area contributed by atoms with Crippen LogP contribution >= 0.6 is 11.8 Å². The number of imidazole rings is 2. The van der Waals surface area contributed by atoms with Crippen LogP contribution in [0.2, 0.25) is 0 Å². The summed E-state index contributed by atoms with van der Waals surface area (Å²) >= 11 is 1.65. The number of benzene rings is 2. The highest BCUT2D eigenvalue weighted by Crippen LogP contribution is 2.34. The molecule has 2 aromatic heterocycles. The van der Waals surface area contributed by atoms with Gasteiger partial charge in [-0.05, 0) is 55.5 Å². The van der Waals surface area contributed by atoms with Crippen LogP contribution in [0.15, 0.2) is 66.1 Å². The van der Waals surface area contributed by atoms with E-state index < -0.39 is 0 Å². The van der Waals surface area contributed by atoms with Crippen molar-refractivity contribution >= 4 is 11.8 Å². The van der Waals surface area contributed by atoms with E-state index >= 15 is 0 Å². The highest BCUT2D eigenvalue weighted by atomic mass is 32.2. The zero-order valence-corrected chi connectivity index (χ0v) is 19.9. The first-order chi connectivity index (χ1) is 16.2. The molecule has 0 aliphatic carbocycles. The Labute approximate surface area is 198 Å². The number of ether oxygens (including phenoxy) is 3. The second kappa shape index (κ2) is 11.1. The topological polar surface area (TPSA) is 74.2 Å². The second-order valence-corrected chi connectivity index (χ2v) is 8.43. The van der Waals surface area contributed by atoms with Gasteiger partial charge in [0.05, 0.1) is 38.8 Å². The fourth-order valence-electron chi connectivity index (χ4n) is 3.45. The molecule has 2 heterocycles. The van der Waals surface area contributed by atoms with Gasteiger partial charge in [-0.3, -0.25) is 0 Å². The Hall–Kier alpha value is -3.23. The van der Waals surface area contributed by atoms with Crippen LogP contribution in [0.3, 0.4) is 0 Å². The molecular formula is C25H28N4O3S. The minimum absolute atomic E-state index is 0.648. The number of thioether (sulfide) groups is 1. The Kier molecular flexibility index (Phi) is 7.70. The molecule has 0 bridgehead atoms. The highest BCUT2D eigenvalue weighted by Gasteiger charge is 2.15. The van der Waals surface area contributed by atoms with Crippen molar-refractivity contribution < 1.29 is 14.2 Å². The molecule has 7 nitrogen and oxygen atoms in total. The zero-order valence-electron chi connectivity index (χ0n) is 19.1. The van der Waals surface area contributed by atoms with Crippen molar-refractivity contribution in [3.05, 3.63) is 66.7 Å². The van der Waals surface area contributed by atoms with Crippen LogP contribution in [0.5, 0.6) is 11.5 Å². The Morgan fingerprint density at radius 2 is 1.58 bits per heavy atom. The van der Waals surface area contributed by atoms with Gasteiger partial charge in [0.25, 0.3) is 0 Å². The third-order valence-corrected chi connectivity index (χ3v) is 6.13. The van der Waals surface area contributed by atoms with Gasteiger partial charge in [0.1, 0.15) is 17.3 Å². The number of aromatic nitrogens is 4. The predicted octanol–water partition coefficient (Wildman–Crippen LogP) is 5.07. The lowest BCUT2D eigenvalue weighted by atomic mass is 10.0. The largest absolute Gasteiger partial charge is 0.497 e. The molecule has 0 spiro atoms. The summed E-state index contributed by atoms with van der Waals surface area (Å²) in [6, 6.07) is 15.9. The molecule has 0 fully saturated rings. The van der Waals surface area contributed by atoms with E-state index in [1.165, 1.54) is 0 Å². The fraction of sp³-hybridized carbons (Fsp3) is 0.280. The van der Waals surface area contributed by atoms with Gasteiger partial charge in [0.2, 0.25) is 0 Å². The summed E-state index contributed by atoms with van der Waals surface area (Å²) < 4.78 is 18.5. The lowest BCUT2D eigenvalue weighted by Gasteiger charge is -2.06. The maximum Gasteiger partial charge on any atom is 0.166 e. The third kappa shape index (κ3) is 5.77. The molecule has 0 saturated heterocycles. The standard InChI is InChI=1S/C25H28N4O3S/c1-18-26-12-13-29(18)14-15-32-16-17-33-25-27-23(19-4-8-21(30-2)9-5-19)24(28-25)20-6-10-22(31-3)11-7-20/h4-13H,14-17H2,1-3H3,(H,27,28). The van der Waals surface area contributed by atoms with Crippen molar-refractivity contribution in [3.8, 4) is 34.0 Å². The van der Waals surface area contributed by atoms with Crippen molar-refractivity contribution in [3.63, 3.8) is 0 Å². The highest BCUT2D eigenvalue weighted by molar-refractivity contribution is 7.99. The average molecular weight is 465 g/mol. The summed E-state index contributed by atoms with van der Waals surface area (Å²) in [5.74, 6) is 3.45. The van der Waals surface area contributed by atoms with Crippen LogP contribution in [-0.2, 0) is 11.3 Å². The van der Waals surface area contributed by atoms with Crippen LogP contribution in [0.4, 0.5) is 0 Å². The molecule has 33 heavy (non-hydrogen) atoms. The van der Waals surface area contributed by atoms with Gasteiger partial charge in [-0.2, -0.15) is 0 Å². The molecule has 0 radical (unpaired) electrons. The molecule has 8 heteroatoms. The van der Waals surface area contributed by atoms with Crippen molar-refractivity contribution in [2.24, 2.45) is 0 Å². The van der Waals surface area contributed by atoms with Gasteiger partial charge < -0.3 is 23.8 Å². The van der Waals surface area contributed by atoms with Crippen LogP contribution in [-0.4, -0.2) is 52.7 Å². The minimum atomic E-state index is 0.648. The first-order valence-electron chi connectivity index (χ1n) is 10.7. The molecule has 0 saturated carbocycles. The molecule has 0 amide bonds. The number of nitrogens with zero attached hydrogens (tertiary/aromatic N) is 3. The van der Waals surface area contributed by atoms with E-state index in [-0.39, 0.29) is 0 Å². The van der Waals surface area contributed by atoms with E-state index in [1.54, 1.807) is 26.0 Å². The molecule has 0 aliphatic rings. The first-order valence-corrected chi connectivity index (χ1v) is 11.7. The number of hydrogen-bond donors (Lipinski definition) is 1. The van der Waals surface area contributed by atoms with Crippen LogP contribution < -0.4 is 9.47 Å². The zero-order chi connectivity index (χ0) is 23.0. The van der Waals surface area contributed by atoms with Crippen molar-refractivity contribution in [2.45, 2.75) is 18.6 Å². The Morgan fingerprint density at radius 3 is 2.18 bits per heavy atom. The van der Waals surface area contributed by atoms with E-state index in [2.05, 4.69) is 14.5 Å². The molecule has 172 valence electrons. The van der Waals surface area contributed by atoms with Crippen molar-refractivity contribution in [1.29, 1.82) is 0 Å². The molecular weight excluding hydrogens is 436 g/mol. The minimum Gasteiger partial charge on any atom is -0.497 e. The molecule has 1 N–H and O–H groups in total. The first kappa shape index (κ1) is 22.9. The number of methoxy groups -OCH3 is 2. The van der Waals surface area contributed by atoms with Crippen LogP contribution in [0.25, 0.3) is 22.5 Å². The Bertz CT molecular complexity index is 1090. The van der Waals surface area contributed by atoms with Gasteiger partial charge in [0, 0.05) is 35.8 Å². The van der Waals surface area contributed by atoms with Crippen molar-refractivity contribution in [2.75, 3.05) is 33.2 Å². The van der Waals surface area contributed by atoms with Gasteiger partial charge in [-0.1, -0.05) is 11.8 Å². The summed E-state index contributed by atoms with van der Waals surface area (Å²) in [4.78, 5) is 12.6. The number of aromatic amines is 1. The smallest absolute Gasteiger partial charge is 0.166 e. The molecule has 4 rings (SSSR count). The number of aryl methyl sites for hydroxylation is 1. The van der Waals surface area contributed by atoms with Crippen LogP contribution in [0, 0.1) is 6.92 Å². The molecule has 4 aromatic rings. The quantitative estimate of drug-likeness (QED) is 0.247. The third-order valence-electron chi connectivity index (χ3n) is 5.29. The van der Waals surface area contributed by atoms with Crippen molar-refractivity contribution in [1.82, 2.24) is 19.5 Å². The molecule has 0 aliphatic heterocycles. The lowest BCUT2D eigenvalue weighted by molar-refractivity contribution is 0.141. The van der Waals surface area contributed by atoms with Gasteiger partial charge >= 0.3 is 0 Å².